The van der Waals surface area contributed by atoms with Crippen LogP contribution in [0.5, 0.6) is 11.5 Å². The molecule has 1 heterocycles. The molecule has 10 heteroatoms. The third-order valence-electron chi connectivity index (χ3n) is 5.29. The van der Waals surface area contributed by atoms with Crippen LogP contribution in [0.2, 0.25) is 0 Å². The molecule has 3 aromatic carbocycles. The molecular formula is C26H19BrN2O7. The van der Waals surface area contributed by atoms with Gasteiger partial charge in [-0.1, -0.05) is 18.2 Å². The van der Waals surface area contributed by atoms with E-state index in [4.69, 9.17) is 14.6 Å². The predicted molar refractivity (Wildman–Crippen MR) is 134 cm³/mol. The van der Waals surface area contributed by atoms with Gasteiger partial charge in [-0.05, 0) is 81.7 Å². The number of barbiturate groups is 1. The summed E-state index contributed by atoms with van der Waals surface area (Å²) >= 11 is 3.42. The minimum atomic E-state index is -1.00. The Bertz CT molecular complexity index is 1380. The molecule has 1 aliphatic rings. The van der Waals surface area contributed by atoms with Gasteiger partial charge in [0.1, 0.15) is 23.7 Å². The summed E-state index contributed by atoms with van der Waals surface area (Å²) in [7, 11) is 1.50. The van der Waals surface area contributed by atoms with Crippen molar-refractivity contribution in [2.75, 3.05) is 12.0 Å². The number of rotatable bonds is 7. The van der Waals surface area contributed by atoms with Gasteiger partial charge in [0.2, 0.25) is 0 Å². The Morgan fingerprint density at radius 2 is 1.72 bits per heavy atom. The molecule has 1 aliphatic heterocycles. The van der Waals surface area contributed by atoms with Crippen LogP contribution in [-0.4, -0.2) is 36.0 Å². The highest BCUT2D eigenvalue weighted by atomic mass is 79.9. The minimum absolute atomic E-state index is 0.186. The summed E-state index contributed by atoms with van der Waals surface area (Å²) in [6.45, 7) is 0.207. The first-order chi connectivity index (χ1) is 17.3. The number of nitrogens with one attached hydrogen (secondary N) is 1. The number of carbonyl (C=O) groups excluding carboxylic acids is 3. The summed E-state index contributed by atoms with van der Waals surface area (Å²) in [5.41, 5.74) is 1.59. The number of nitrogens with zero attached hydrogens (tertiary/aromatic N) is 1. The van der Waals surface area contributed by atoms with Gasteiger partial charge >= 0.3 is 12.0 Å². The maximum atomic E-state index is 13.1. The zero-order valence-electron chi connectivity index (χ0n) is 18.9. The standard InChI is InChI=1S/C26H19BrN2O7/c1-35-19-9-7-18(8-10-19)29-24(31)20(23(30)28-26(29)34)12-16-4-11-22(21(27)13-16)36-14-15-2-5-17(6-3-15)25(32)33/h2-13H,14H2,1H3,(H,32,33)(H,28,30,34)/b20-12+. The molecular weight excluding hydrogens is 532 g/mol. The molecule has 0 saturated carbocycles. The average molecular weight is 551 g/mol. The van der Waals surface area contributed by atoms with Crippen LogP contribution in [0, 0.1) is 0 Å². The normalized spacial score (nSPS) is 14.6. The van der Waals surface area contributed by atoms with E-state index in [1.807, 2.05) is 0 Å². The molecule has 36 heavy (non-hydrogen) atoms. The largest absolute Gasteiger partial charge is 0.497 e. The molecule has 0 radical (unpaired) electrons. The monoisotopic (exact) mass is 550 g/mol. The average Bonchev–Trinajstić information content (AvgIpc) is 2.86. The van der Waals surface area contributed by atoms with Gasteiger partial charge in [0.05, 0.1) is 22.8 Å². The van der Waals surface area contributed by atoms with Crippen molar-refractivity contribution in [3.63, 3.8) is 0 Å². The molecule has 3 aromatic rings. The lowest BCUT2D eigenvalue weighted by Gasteiger charge is -2.26. The van der Waals surface area contributed by atoms with Crippen molar-refractivity contribution in [3.05, 3.63) is 93.5 Å². The lowest BCUT2D eigenvalue weighted by Crippen LogP contribution is -2.54. The number of ether oxygens (including phenoxy) is 2. The van der Waals surface area contributed by atoms with Crippen molar-refractivity contribution in [1.29, 1.82) is 0 Å². The van der Waals surface area contributed by atoms with E-state index >= 15 is 0 Å². The fourth-order valence-corrected chi connectivity index (χ4v) is 3.93. The molecule has 0 unspecified atom stereocenters. The van der Waals surface area contributed by atoms with Gasteiger partial charge in [-0.15, -0.1) is 0 Å². The van der Waals surface area contributed by atoms with Gasteiger partial charge in [-0.3, -0.25) is 14.9 Å². The van der Waals surface area contributed by atoms with Gasteiger partial charge < -0.3 is 14.6 Å². The molecule has 0 aromatic heterocycles. The first kappa shape index (κ1) is 24.7. The Kier molecular flexibility index (Phi) is 7.16. The van der Waals surface area contributed by atoms with Crippen LogP contribution in [0.1, 0.15) is 21.5 Å². The highest BCUT2D eigenvalue weighted by Gasteiger charge is 2.36. The molecule has 4 amide bonds. The van der Waals surface area contributed by atoms with E-state index in [-0.39, 0.29) is 23.4 Å². The van der Waals surface area contributed by atoms with Crippen molar-refractivity contribution >= 4 is 51.5 Å². The molecule has 0 bridgehead atoms. The fourth-order valence-electron chi connectivity index (χ4n) is 3.42. The molecule has 1 fully saturated rings. The number of hydrogen-bond donors (Lipinski definition) is 2. The summed E-state index contributed by atoms with van der Waals surface area (Å²) in [6.07, 6.45) is 1.39. The quantitative estimate of drug-likeness (QED) is 0.330. The van der Waals surface area contributed by atoms with Crippen LogP contribution in [-0.2, 0) is 16.2 Å². The highest BCUT2D eigenvalue weighted by molar-refractivity contribution is 9.10. The Balaban J connectivity index is 1.52. The molecule has 0 aliphatic carbocycles. The number of imide groups is 2. The van der Waals surface area contributed by atoms with Gasteiger partial charge in [-0.2, -0.15) is 0 Å². The lowest BCUT2D eigenvalue weighted by atomic mass is 10.1. The number of anilines is 1. The first-order valence-corrected chi connectivity index (χ1v) is 11.4. The number of carboxylic acid groups (broad SMARTS) is 1. The maximum Gasteiger partial charge on any atom is 0.335 e. The summed E-state index contributed by atoms with van der Waals surface area (Å²) < 4.78 is 11.5. The SMILES string of the molecule is COc1ccc(N2C(=O)NC(=O)/C(=C\c3ccc(OCc4ccc(C(=O)O)cc4)c(Br)c3)C2=O)cc1. The molecule has 0 atom stereocenters. The molecule has 2 N–H and O–H groups in total. The van der Waals surface area contributed by atoms with Gasteiger partial charge in [0.15, 0.2) is 0 Å². The van der Waals surface area contributed by atoms with Crippen LogP contribution >= 0.6 is 15.9 Å². The summed E-state index contributed by atoms with van der Waals surface area (Å²) in [5.74, 6) is -1.49. The fraction of sp³-hybridized carbons (Fsp3) is 0.0769. The number of halogens is 1. The van der Waals surface area contributed by atoms with E-state index in [1.54, 1.807) is 54.6 Å². The third kappa shape index (κ3) is 5.28. The number of aromatic carboxylic acids is 1. The second kappa shape index (κ2) is 10.4. The summed E-state index contributed by atoms with van der Waals surface area (Å²) in [4.78, 5) is 49.7. The minimum Gasteiger partial charge on any atom is -0.497 e. The van der Waals surface area contributed by atoms with Crippen molar-refractivity contribution < 1.29 is 33.8 Å². The van der Waals surface area contributed by atoms with E-state index in [2.05, 4.69) is 21.2 Å². The Labute approximate surface area is 214 Å². The topological polar surface area (TPSA) is 122 Å². The van der Waals surface area contributed by atoms with Crippen LogP contribution in [0.25, 0.3) is 6.08 Å². The Hall–Kier alpha value is -4.44. The highest BCUT2D eigenvalue weighted by Crippen LogP contribution is 2.29. The van der Waals surface area contributed by atoms with E-state index in [0.29, 0.717) is 21.5 Å². The molecule has 4 rings (SSSR count). The molecule has 1 saturated heterocycles. The van der Waals surface area contributed by atoms with E-state index < -0.39 is 23.8 Å². The van der Waals surface area contributed by atoms with E-state index in [0.717, 1.165) is 10.5 Å². The van der Waals surface area contributed by atoms with Crippen molar-refractivity contribution in [3.8, 4) is 11.5 Å². The van der Waals surface area contributed by atoms with Gasteiger partial charge in [0.25, 0.3) is 11.8 Å². The zero-order chi connectivity index (χ0) is 25.8. The first-order valence-electron chi connectivity index (χ1n) is 10.6. The smallest absolute Gasteiger partial charge is 0.335 e. The Morgan fingerprint density at radius 3 is 2.33 bits per heavy atom. The van der Waals surface area contributed by atoms with Crippen molar-refractivity contribution in [1.82, 2.24) is 5.32 Å². The molecule has 182 valence electrons. The summed E-state index contributed by atoms with van der Waals surface area (Å²) in [6, 6.07) is 16.8. The predicted octanol–water partition coefficient (Wildman–Crippen LogP) is 4.40. The van der Waals surface area contributed by atoms with Crippen molar-refractivity contribution in [2.45, 2.75) is 6.61 Å². The van der Waals surface area contributed by atoms with Crippen LogP contribution in [0.3, 0.4) is 0 Å². The number of methoxy groups -OCH3 is 1. The van der Waals surface area contributed by atoms with Crippen LogP contribution in [0.4, 0.5) is 10.5 Å². The van der Waals surface area contributed by atoms with E-state index in [9.17, 15) is 19.2 Å². The second-order valence-corrected chi connectivity index (χ2v) is 8.49. The summed E-state index contributed by atoms with van der Waals surface area (Å²) in [5, 5.41) is 11.2. The Morgan fingerprint density at radius 1 is 1.03 bits per heavy atom. The number of amides is 4. The van der Waals surface area contributed by atoms with Crippen molar-refractivity contribution in [2.24, 2.45) is 0 Å². The molecule has 0 spiro atoms. The number of carboxylic acids is 1. The van der Waals surface area contributed by atoms with Crippen LogP contribution in [0.15, 0.2) is 76.8 Å². The number of carbonyl (C=O) groups is 4. The zero-order valence-corrected chi connectivity index (χ0v) is 20.4. The van der Waals surface area contributed by atoms with Gasteiger partial charge in [0, 0.05) is 0 Å². The lowest BCUT2D eigenvalue weighted by molar-refractivity contribution is -0.122. The molecule has 9 nitrogen and oxygen atoms in total. The number of benzene rings is 3. The van der Waals surface area contributed by atoms with Gasteiger partial charge in [-0.25, -0.2) is 14.5 Å². The second-order valence-electron chi connectivity index (χ2n) is 7.64. The van der Waals surface area contributed by atoms with Crippen LogP contribution < -0.4 is 19.7 Å². The number of hydrogen-bond acceptors (Lipinski definition) is 6. The number of urea groups is 1. The van der Waals surface area contributed by atoms with E-state index in [1.165, 1.54) is 25.3 Å². The maximum absolute atomic E-state index is 13.1. The third-order valence-corrected chi connectivity index (χ3v) is 5.91.